The predicted octanol–water partition coefficient (Wildman–Crippen LogP) is 6.94. The Balaban J connectivity index is 1.23. The van der Waals surface area contributed by atoms with E-state index in [-0.39, 0.29) is 57.4 Å². The van der Waals surface area contributed by atoms with Gasteiger partial charge in [-0.2, -0.15) is 0 Å². The van der Waals surface area contributed by atoms with Crippen molar-refractivity contribution in [3.63, 3.8) is 0 Å². The molecule has 2 amide bonds. The molecule has 2 aliphatic carbocycles. The molecule has 5 nitrogen and oxygen atoms in total. The van der Waals surface area contributed by atoms with E-state index in [1.807, 2.05) is 47.0 Å². The van der Waals surface area contributed by atoms with Crippen molar-refractivity contribution in [2.24, 2.45) is 29.6 Å². The lowest BCUT2D eigenvalue weighted by Crippen LogP contribution is -2.43. The Bertz CT molecular complexity index is 1750. The Kier molecular flexibility index (Phi) is 6.05. The van der Waals surface area contributed by atoms with E-state index in [9.17, 15) is 14.4 Å². The number of fused-ring (bicyclic) bond motifs is 9. The van der Waals surface area contributed by atoms with Gasteiger partial charge in [0.1, 0.15) is 0 Å². The van der Waals surface area contributed by atoms with E-state index >= 15 is 0 Å². The number of rotatable bonds is 4. The fraction of sp³-hybridized carbons (Fsp3) is 0.281. The molecule has 2 bridgehead atoms. The molecule has 3 aromatic carbocycles. The first-order valence-corrected chi connectivity index (χ1v) is 16.2. The quantitative estimate of drug-likeness (QED) is 0.232. The maximum Gasteiger partial charge on any atom is 0.308 e. The minimum Gasteiger partial charge on any atom is -0.289 e. The zero-order valence-corrected chi connectivity index (χ0v) is 24.8. The lowest BCUT2D eigenvalue weighted by Gasteiger charge is -2.43. The fourth-order valence-corrected chi connectivity index (χ4v) is 11.3. The van der Waals surface area contributed by atoms with E-state index in [1.54, 1.807) is 36.0 Å². The topological polar surface area (TPSA) is 59.4 Å². The van der Waals surface area contributed by atoms with Gasteiger partial charge in [0, 0.05) is 26.1 Å². The van der Waals surface area contributed by atoms with Crippen molar-refractivity contribution in [2.75, 3.05) is 4.90 Å². The van der Waals surface area contributed by atoms with Crippen LogP contribution in [0.1, 0.15) is 28.3 Å². The first-order chi connectivity index (χ1) is 19.9. The molecule has 3 heterocycles. The minimum absolute atomic E-state index is 0.0268. The van der Waals surface area contributed by atoms with Gasteiger partial charge in [0.2, 0.25) is 11.8 Å². The highest BCUT2D eigenvalue weighted by Crippen LogP contribution is 2.69. The number of carbonyl (C=O) groups excluding carboxylic acids is 2. The summed E-state index contributed by atoms with van der Waals surface area (Å²) in [5.41, 5.74) is 2.76. The highest BCUT2D eigenvalue weighted by Gasteiger charge is 2.69. The van der Waals surface area contributed by atoms with E-state index in [2.05, 4.69) is 12.1 Å². The number of imide groups is 1. The molecule has 4 aromatic rings. The van der Waals surface area contributed by atoms with Crippen LogP contribution in [0.3, 0.4) is 0 Å². The third-order valence-electron chi connectivity index (χ3n) is 9.45. The first-order valence-electron chi connectivity index (χ1n) is 13.7. The fourth-order valence-electron chi connectivity index (χ4n) is 7.91. The number of anilines is 1. The molecule has 2 aliphatic heterocycles. The number of thioether (sulfide) groups is 1. The van der Waals surface area contributed by atoms with E-state index in [4.69, 9.17) is 23.2 Å². The SMILES string of the molecule is O=C1[C@@H]2[C@H]3C[C@@H]([C@@H]4Sc5c(sc(=O)n5Cc5ccccc5)[C@@H](c5ccc(Cl)cc5)[C@@H]34)[C@H]2C(=O)N1c1ccc(Cl)cc1. The maximum absolute atomic E-state index is 13.9. The molecule has 8 rings (SSSR count). The van der Waals surface area contributed by atoms with E-state index in [1.165, 1.54) is 16.2 Å². The number of halogens is 2. The van der Waals surface area contributed by atoms with Crippen LogP contribution in [0.4, 0.5) is 5.69 Å². The zero-order valence-electron chi connectivity index (χ0n) is 21.7. The Morgan fingerprint density at radius 1 is 0.780 bits per heavy atom. The van der Waals surface area contributed by atoms with Crippen LogP contribution in [0.25, 0.3) is 0 Å². The molecule has 0 spiro atoms. The second kappa shape index (κ2) is 9.60. The second-order valence-electron chi connectivity index (χ2n) is 11.4. The lowest BCUT2D eigenvalue weighted by atomic mass is 9.68. The van der Waals surface area contributed by atoms with Gasteiger partial charge in [-0.3, -0.25) is 23.9 Å². The first kappa shape index (κ1) is 25.8. The number of thiazole rings is 1. The van der Waals surface area contributed by atoms with Crippen LogP contribution in [-0.2, 0) is 16.1 Å². The number of hydrogen-bond donors (Lipinski definition) is 0. The Labute approximate surface area is 255 Å². The van der Waals surface area contributed by atoms with Crippen LogP contribution in [0.5, 0.6) is 0 Å². The summed E-state index contributed by atoms with van der Waals surface area (Å²) in [6.45, 7) is 0.505. The van der Waals surface area contributed by atoms with Gasteiger partial charge in [-0.1, -0.05) is 77.0 Å². The summed E-state index contributed by atoms with van der Waals surface area (Å²) in [6, 6.07) is 24.9. The molecule has 41 heavy (non-hydrogen) atoms. The molecule has 3 fully saturated rings. The standard InChI is InChI=1S/C32H24Cl2N2O3S2/c33-18-8-6-17(7-9-18)23-24-21-14-22(26-25(21)29(37)36(30(26)38)20-12-10-19(34)11-13-20)27(24)40-31-28(23)41-32(39)35(31)15-16-4-2-1-3-5-16/h1-13,21-27H,14-15H2/t21-,22+,23-,24+,25+,26+,27-/m0/s1. The van der Waals surface area contributed by atoms with Gasteiger partial charge in [-0.25, -0.2) is 0 Å². The smallest absolute Gasteiger partial charge is 0.289 e. The minimum atomic E-state index is -0.343. The number of aromatic nitrogens is 1. The molecule has 1 saturated heterocycles. The molecule has 9 heteroatoms. The van der Waals surface area contributed by atoms with Gasteiger partial charge in [-0.15, -0.1) is 11.8 Å². The second-order valence-corrected chi connectivity index (χ2v) is 14.4. The van der Waals surface area contributed by atoms with Crippen LogP contribution >= 0.6 is 46.3 Å². The lowest BCUT2D eigenvalue weighted by molar-refractivity contribution is -0.123. The molecule has 7 atom stereocenters. The largest absolute Gasteiger partial charge is 0.308 e. The van der Waals surface area contributed by atoms with Crippen molar-refractivity contribution < 1.29 is 9.59 Å². The van der Waals surface area contributed by atoms with Gasteiger partial charge < -0.3 is 0 Å². The molecule has 0 unspecified atom stereocenters. The normalized spacial score (nSPS) is 29.5. The number of benzene rings is 3. The summed E-state index contributed by atoms with van der Waals surface area (Å²) < 4.78 is 1.91. The average Bonchev–Trinajstić information content (AvgIpc) is 3.69. The summed E-state index contributed by atoms with van der Waals surface area (Å²) in [7, 11) is 0. The van der Waals surface area contributed by atoms with Crippen molar-refractivity contribution in [2.45, 2.75) is 29.2 Å². The molecular weight excluding hydrogens is 595 g/mol. The summed E-state index contributed by atoms with van der Waals surface area (Å²) in [4.78, 5) is 43.8. The van der Waals surface area contributed by atoms with Crippen LogP contribution in [0, 0.1) is 29.6 Å². The molecule has 1 aromatic heterocycles. The molecule has 0 radical (unpaired) electrons. The number of carbonyl (C=O) groups is 2. The van der Waals surface area contributed by atoms with E-state index in [0.717, 1.165) is 27.5 Å². The van der Waals surface area contributed by atoms with Gasteiger partial charge in [0.05, 0.1) is 29.1 Å². The highest BCUT2D eigenvalue weighted by atomic mass is 35.5. The third-order valence-corrected chi connectivity index (χ3v) is 12.7. The van der Waals surface area contributed by atoms with Gasteiger partial charge >= 0.3 is 4.87 Å². The van der Waals surface area contributed by atoms with E-state index < -0.39 is 0 Å². The van der Waals surface area contributed by atoms with E-state index in [0.29, 0.717) is 22.3 Å². The zero-order chi connectivity index (χ0) is 28.0. The van der Waals surface area contributed by atoms with Gasteiger partial charge in [0.25, 0.3) is 0 Å². The molecular formula is C32H24Cl2N2O3S2. The monoisotopic (exact) mass is 618 g/mol. The van der Waals surface area contributed by atoms with Gasteiger partial charge in [0.15, 0.2) is 0 Å². The van der Waals surface area contributed by atoms with Gasteiger partial charge in [-0.05, 0) is 71.7 Å². The summed E-state index contributed by atoms with van der Waals surface area (Å²) >= 11 is 15.5. The highest BCUT2D eigenvalue weighted by molar-refractivity contribution is 8.00. The van der Waals surface area contributed by atoms with Crippen molar-refractivity contribution >= 4 is 63.8 Å². The van der Waals surface area contributed by atoms with Crippen molar-refractivity contribution in [3.8, 4) is 0 Å². The van der Waals surface area contributed by atoms with Crippen LogP contribution in [-0.4, -0.2) is 21.6 Å². The summed E-state index contributed by atoms with van der Waals surface area (Å²) in [5, 5.41) is 2.36. The predicted molar refractivity (Wildman–Crippen MR) is 163 cm³/mol. The Morgan fingerprint density at radius 2 is 1.41 bits per heavy atom. The van der Waals surface area contributed by atoms with Crippen molar-refractivity contribution in [3.05, 3.63) is 115 Å². The summed E-state index contributed by atoms with van der Waals surface area (Å²) in [6.07, 6.45) is 0.853. The molecule has 0 N–H and O–H groups in total. The number of nitrogens with zero attached hydrogens (tertiary/aromatic N) is 2. The number of amides is 2. The average molecular weight is 620 g/mol. The molecule has 206 valence electrons. The third kappa shape index (κ3) is 3.86. The Hall–Kier alpha value is -2.84. The van der Waals surface area contributed by atoms with Crippen LogP contribution in [0.15, 0.2) is 88.7 Å². The molecule has 4 aliphatic rings. The maximum atomic E-state index is 13.9. The van der Waals surface area contributed by atoms with Crippen molar-refractivity contribution in [1.29, 1.82) is 0 Å². The van der Waals surface area contributed by atoms with Crippen LogP contribution in [0.2, 0.25) is 10.0 Å². The Morgan fingerprint density at radius 3 is 2.10 bits per heavy atom. The van der Waals surface area contributed by atoms with Crippen molar-refractivity contribution in [1.82, 2.24) is 4.57 Å². The molecule has 2 saturated carbocycles. The number of hydrogen-bond acceptors (Lipinski definition) is 5. The summed E-state index contributed by atoms with van der Waals surface area (Å²) in [5.74, 6) is -0.649. The van der Waals surface area contributed by atoms with Crippen LogP contribution < -0.4 is 9.77 Å².